The minimum atomic E-state index is -0.394. The van der Waals surface area contributed by atoms with Gasteiger partial charge in [0.05, 0.1) is 17.2 Å². The second kappa shape index (κ2) is 7.85. The van der Waals surface area contributed by atoms with Crippen LogP contribution in [0.15, 0.2) is 48.4 Å². The second-order valence-electron chi connectivity index (χ2n) is 6.47. The van der Waals surface area contributed by atoms with Crippen molar-refractivity contribution in [3.8, 4) is 0 Å². The molecule has 0 spiro atoms. The van der Waals surface area contributed by atoms with Crippen molar-refractivity contribution in [1.82, 2.24) is 15.1 Å². The molecule has 3 rings (SSSR count). The predicted molar refractivity (Wildman–Crippen MR) is 105 cm³/mol. The maximum Gasteiger partial charge on any atom is 0.261 e. The van der Waals surface area contributed by atoms with Crippen molar-refractivity contribution in [2.45, 2.75) is 6.04 Å². The number of rotatable bonds is 7. The van der Waals surface area contributed by atoms with Gasteiger partial charge in [-0.05, 0) is 43.7 Å². The van der Waals surface area contributed by atoms with Gasteiger partial charge in [-0.15, -0.1) is 17.9 Å². The van der Waals surface area contributed by atoms with Crippen LogP contribution in [0.2, 0.25) is 0 Å². The fourth-order valence-corrected chi connectivity index (χ4v) is 3.96. The summed E-state index contributed by atoms with van der Waals surface area (Å²) in [6, 6.07) is 8.69. The lowest BCUT2D eigenvalue weighted by atomic mass is 10.1. The SMILES string of the molecule is C=CCN1C(=O)c2ccc(C(=O)NCC(c3cccs3)N(C)C)cc2C1=O. The number of fused-ring (bicyclic) bond motifs is 1. The Labute approximate surface area is 162 Å². The van der Waals surface area contributed by atoms with E-state index in [1.165, 1.54) is 18.2 Å². The molecule has 27 heavy (non-hydrogen) atoms. The highest BCUT2D eigenvalue weighted by Gasteiger charge is 2.35. The van der Waals surface area contributed by atoms with Crippen molar-refractivity contribution in [1.29, 1.82) is 0 Å². The Morgan fingerprint density at radius 2 is 2.00 bits per heavy atom. The molecular formula is C20H21N3O3S. The summed E-state index contributed by atoms with van der Waals surface area (Å²) in [6.45, 7) is 4.16. The van der Waals surface area contributed by atoms with E-state index < -0.39 is 5.91 Å². The summed E-state index contributed by atoms with van der Waals surface area (Å²) in [4.78, 5) is 41.6. The van der Waals surface area contributed by atoms with Crippen LogP contribution in [-0.4, -0.2) is 54.7 Å². The van der Waals surface area contributed by atoms with Gasteiger partial charge in [0.15, 0.2) is 0 Å². The van der Waals surface area contributed by atoms with Crippen molar-refractivity contribution in [3.05, 3.63) is 69.9 Å². The zero-order valence-electron chi connectivity index (χ0n) is 15.3. The first-order valence-electron chi connectivity index (χ1n) is 8.53. The van der Waals surface area contributed by atoms with Crippen molar-refractivity contribution < 1.29 is 14.4 Å². The molecule has 0 fully saturated rings. The molecule has 1 unspecified atom stereocenters. The smallest absolute Gasteiger partial charge is 0.261 e. The lowest BCUT2D eigenvalue weighted by molar-refractivity contribution is 0.0672. The number of carbonyl (C=O) groups excluding carboxylic acids is 3. The number of hydrogen-bond acceptors (Lipinski definition) is 5. The number of hydrogen-bond donors (Lipinski definition) is 1. The van der Waals surface area contributed by atoms with E-state index in [9.17, 15) is 14.4 Å². The number of nitrogens with zero attached hydrogens (tertiary/aromatic N) is 2. The summed E-state index contributed by atoms with van der Waals surface area (Å²) in [5, 5.41) is 4.93. The number of amides is 3. The standard InChI is InChI=1S/C20H21N3O3S/c1-4-9-23-19(25)14-8-7-13(11-15(14)20(23)26)18(24)21-12-16(22(2)3)17-6-5-10-27-17/h4-8,10-11,16H,1,9,12H2,2-3H3,(H,21,24). The fraction of sp³-hybridized carbons (Fsp3) is 0.250. The van der Waals surface area contributed by atoms with E-state index in [1.807, 2.05) is 36.5 Å². The first kappa shape index (κ1) is 19.0. The average Bonchev–Trinajstić information content (AvgIpc) is 3.25. The van der Waals surface area contributed by atoms with Gasteiger partial charge in [0.2, 0.25) is 0 Å². The Kier molecular flexibility index (Phi) is 5.53. The summed E-state index contributed by atoms with van der Waals surface area (Å²) >= 11 is 1.64. The van der Waals surface area contributed by atoms with Crippen molar-refractivity contribution >= 4 is 29.1 Å². The van der Waals surface area contributed by atoms with Crippen molar-refractivity contribution in [2.75, 3.05) is 27.2 Å². The van der Waals surface area contributed by atoms with Gasteiger partial charge >= 0.3 is 0 Å². The lowest BCUT2D eigenvalue weighted by Crippen LogP contribution is -2.34. The van der Waals surface area contributed by atoms with E-state index in [-0.39, 0.29) is 30.0 Å². The molecular weight excluding hydrogens is 362 g/mol. The zero-order chi connectivity index (χ0) is 19.6. The molecule has 1 atom stereocenters. The van der Waals surface area contributed by atoms with Crippen LogP contribution in [-0.2, 0) is 0 Å². The molecule has 2 aromatic rings. The lowest BCUT2D eigenvalue weighted by Gasteiger charge is -2.23. The van der Waals surface area contributed by atoms with Crippen LogP contribution in [0.1, 0.15) is 42.0 Å². The van der Waals surface area contributed by atoms with E-state index >= 15 is 0 Å². The second-order valence-corrected chi connectivity index (χ2v) is 7.45. The average molecular weight is 383 g/mol. The molecule has 1 aromatic heterocycles. The molecule has 1 aliphatic heterocycles. The first-order chi connectivity index (χ1) is 12.9. The van der Waals surface area contributed by atoms with E-state index in [0.29, 0.717) is 17.7 Å². The summed E-state index contributed by atoms with van der Waals surface area (Å²) in [6.07, 6.45) is 1.50. The molecule has 0 saturated carbocycles. The maximum atomic E-state index is 12.6. The molecule has 3 amide bonds. The van der Waals surface area contributed by atoms with Gasteiger partial charge in [-0.25, -0.2) is 0 Å². The highest BCUT2D eigenvalue weighted by molar-refractivity contribution is 7.10. The van der Waals surface area contributed by atoms with E-state index in [0.717, 1.165) is 9.78 Å². The summed E-state index contributed by atoms with van der Waals surface area (Å²) in [5.74, 6) is -1.02. The molecule has 140 valence electrons. The van der Waals surface area contributed by atoms with Gasteiger partial charge in [0.1, 0.15) is 0 Å². The number of nitrogens with one attached hydrogen (secondary N) is 1. The van der Waals surface area contributed by atoms with Crippen LogP contribution >= 0.6 is 11.3 Å². The third-order valence-corrected chi connectivity index (χ3v) is 5.47. The molecule has 6 nitrogen and oxygen atoms in total. The largest absolute Gasteiger partial charge is 0.350 e. The van der Waals surface area contributed by atoms with Crippen LogP contribution in [0.4, 0.5) is 0 Å². The quantitative estimate of drug-likeness (QED) is 0.589. The first-order valence-corrected chi connectivity index (χ1v) is 9.41. The topological polar surface area (TPSA) is 69.7 Å². The highest BCUT2D eigenvalue weighted by atomic mass is 32.1. The van der Waals surface area contributed by atoms with E-state index in [2.05, 4.69) is 11.9 Å². The van der Waals surface area contributed by atoms with Crippen LogP contribution in [0.5, 0.6) is 0 Å². The minimum absolute atomic E-state index is 0.0645. The van der Waals surface area contributed by atoms with Crippen molar-refractivity contribution in [2.24, 2.45) is 0 Å². The van der Waals surface area contributed by atoms with E-state index in [1.54, 1.807) is 17.4 Å². The zero-order valence-corrected chi connectivity index (χ0v) is 16.1. The van der Waals surface area contributed by atoms with Crippen LogP contribution in [0.25, 0.3) is 0 Å². The Morgan fingerprint density at radius 1 is 1.26 bits per heavy atom. The number of carbonyl (C=O) groups is 3. The monoisotopic (exact) mass is 383 g/mol. The van der Waals surface area contributed by atoms with Crippen LogP contribution in [0.3, 0.4) is 0 Å². The van der Waals surface area contributed by atoms with E-state index in [4.69, 9.17) is 0 Å². The van der Waals surface area contributed by atoms with Gasteiger partial charge in [0.25, 0.3) is 17.7 Å². The molecule has 7 heteroatoms. The Hall–Kier alpha value is -2.77. The predicted octanol–water partition coefficient (Wildman–Crippen LogP) is 2.56. The molecule has 0 aliphatic carbocycles. The maximum absolute atomic E-state index is 12.6. The molecule has 1 aliphatic rings. The summed E-state index contributed by atoms with van der Waals surface area (Å²) < 4.78 is 0. The molecule has 1 aromatic carbocycles. The molecule has 0 radical (unpaired) electrons. The van der Waals surface area contributed by atoms with Gasteiger partial charge in [0, 0.05) is 23.5 Å². The van der Waals surface area contributed by atoms with Gasteiger partial charge in [-0.2, -0.15) is 0 Å². The van der Waals surface area contributed by atoms with Crippen LogP contribution < -0.4 is 5.32 Å². The third-order valence-electron chi connectivity index (χ3n) is 4.50. The van der Waals surface area contributed by atoms with Crippen molar-refractivity contribution in [3.63, 3.8) is 0 Å². The Bertz CT molecular complexity index is 890. The van der Waals surface area contributed by atoms with Crippen LogP contribution in [0, 0.1) is 0 Å². The minimum Gasteiger partial charge on any atom is -0.350 e. The number of imide groups is 1. The summed E-state index contributed by atoms with van der Waals surface area (Å²) in [5.41, 5.74) is 0.944. The van der Waals surface area contributed by atoms with Gasteiger partial charge in [-0.3, -0.25) is 19.3 Å². The number of benzene rings is 1. The Balaban J connectivity index is 1.75. The Morgan fingerprint density at radius 3 is 2.63 bits per heavy atom. The normalized spacial score (nSPS) is 14.4. The number of thiophene rings is 1. The van der Waals surface area contributed by atoms with Gasteiger partial charge in [-0.1, -0.05) is 12.1 Å². The third kappa shape index (κ3) is 3.70. The molecule has 1 N–H and O–H groups in total. The molecule has 0 saturated heterocycles. The highest BCUT2D eigenvalue weighted by Crippen LogP contribution is 2.25. The molecule has 0 bridgehead atoms. The van der Waals surface area contributed by atoms with Gasteiger partial charge < -0.3 is 10.2 Å². The number of likely N-dealkylation sites (N-methyl/N-ethyl adjacent to an activating group) is 1. The summed E-state index contributed by atoms with van der Waals surface area (Å²) in [7, 11) is 3.93. The fourth-order valence-electron chi connectivity index (χ4n) is 3.04. The molecule has 2 heterocycles.